The van der Waals surface area contributed by atoms with Crippen molar-refractivity contribution in [1.82, 2.24) is 24.1 Å². The van der Waals surface area contributed by atoms with E-state index in [1.165, 1.54) is 43.6 Å². The minimum Gasteiger partial charge on any atom is -0.309 e. The topological polar surface area (TPSA) is 40.6 Å². The first-order chi connectivity index (χ1) is 20.3. The zero-order valence-corrected chi connectivity index (χ0v) is 22.0. The molecule has 3 heterocycles. The van der Waals surface area contributed by atoms with Crippen LogP contribution in [0.4, 0.5) is 0 Å². The fourth-order valence-electron chi connectivity index (χ4n) is 6.29. The molecule has 9 aromatic rings. The molecule has 41 heavy (non-hydrogen) atoms. The molecule has 0 saturated carbocycles. The van der Waals surface area contributed by atoms with Crippen molar-refractivity contribution in [1.29, 1.82) is 0 Å². The Bertz CT molecular complexity index is 2310. The van der Waals surface area contributed by atoms with Crippen molar-refractivity contribution in [3.63, 3.8) is 0 Å². The van der Waals surface area contributed by atoms with Gasteiger partial charge in [0.15, 0.2) is 0 Å². The van der Waals surface area contributed by atoms with Crippen LogP contribution in [-0.4, -0.2) is 24.1 Å². The van der Waals surface area contributed by atoms with E-state index in [-0.39, 0.29) is 0 Å². The van der Waals surface area contributed by atoms with Crippen LogP contribution in [0, 0.1) is 0 Å². The fraction of sp³-hybridized carbons (Fsp3) is 0. The van der Waals surface area contributed by atoms with Crippen LogP contribution >= 0.6 is 0 Å². The Hall–Kier alpha value is -5.68. The number of para-hydroxylation sites is 4. The SMILES string of the molecule is c1ccc2c(c1)c1ccccc1n2-c1ccc(-n2nc3ccc(-n4c5ccccc5c5ccccc54)cc3n2)cc1. The van der Waals surface area contributed by atoms with Gasteiger partial charge in [0, 0.05) is 32.9 Å². The molecule has 0 aliphatic heterocycles. The fourth-order valence-corrected chi connectivity index (χ4v) is 6.29. The summed E-state index contributed by atoms with van der Waals surface area (Å²) in [6.07, 6.45) is 0. The van der Waals surface area contributed by atoms with Gasteiger partial charge in [-0.05, 0) is 66.7 Å². The van der Waals surface area contributed by atoms with E-state index >= 15 is 0 Å². The highest BCUT2D eigenvalue weighted by atomic mass is 15.5. The molecule has 9 rings (SSSR count). The molecule has 0 aliphatic rings. The van der Waals surface area contributed by atoms with Crippen molar-refractivity contribution in [2.24, 2.45) is 0 Å². The second kappa shape index (κ2) is 8.41. The lowest BCUT2D eigenvalue weighted by Gasteiger charge is -2.08. The first-order valence-corrected chi connectivity index (χ1v) is 13.8. The van der Waals surface area contributed by atoms with Crippen LogP contribution < -0.4 is 0 Å². The number of nitrogens with zero attached hydrogens (tertiary/aromatic N) is 5. The summed E-state index contributed by atoms with van der Waals surface area (Å²) in [5, 5.41) is 14.7. The van der Waals surface area contributed by atoms with Gasteiger partial charge in [0.25, 0.3) is 0 Å². The van der Waals surface area contributed by atoms with E-state index in [0.29, 0.717) is 0 Å². The van der Waals surface area contributed by atoms with E-state index in [4.69, 9.17) is 10.2 Å². The largest absolute Gasteiger partial charge is 0.309 e. The standard InChI is InChI=1S/C36H23N5/c1-5-13-33-27(9-1)28-10-2-6-14-34(28)39(33)24-17-19-25(20-18-24)41-37-31-22-21-26(23-32(31)38-41)40-35-15-7-3-11-29(35)30-12-4-8-16-36(30)40/h1-23H. The van der Waals surface area contributed by atoms with Gasteiger partial charge in [-0.1, -0.05) is 72.8 Å². The molecule has 0 radical (unpaired) electrons. The average Bonchev–Trinajstić information content (AvgIpc) is 3.71. The van der Waals surface area contributed by atoms with E-state index in [9.17, 15) is 0 Å². The second-order valence-electron chi connectivity index (χ2n) is 10.4. The summed E-state index contributed by atoms with van der Waals surface area (Å²) >= 11 is 0. The van der Waals surface area contributed by atoms with Gasteiger partial charge in [-0.3, -0.25) is 0 Å². The number of hydrogen-bond donors (Lipinski definition) is 0. The van der Waals surface area contributed by atoms with E-state index in [1.807, 2.05) is 0 Å². The third kappa shape index (κ3) is 3.23. The Balaban J connectivity index is 1.14. The summed E-state index contributed by atoms with van der Waals surface area (Å²) in [6.45, 7) is 0. The second-order valence-corrected chi connectivity index (χ2v) is 10.4. The Morgan fingerprint density at radius 3 is 1.24 bits per heavy atom. The molecule has 0 saturated heterocycles. The number of aromatic nitrogens is 5. The molecular formula is C36H23N5. The molecule has 0 bridgehead atoms. The maximum absolute atomic E-state index is 4.89. The zero-order valence-electron chi connectivity index (χ0n) is 22.0. The molecule has 0 aliphatic carbocycles. The monoisotopic (exact) mass is 525 g/mol. The maximum atomic E-state index is 4.89. The molecule has 6 aromatic carbocycles. The lowest BCUT2D eigenvalue weighted by atomic mass is 10.2. The molecule has 0 spiro atoms. The first kappa shape index (κ1) is 22.2. The summed E-state index contributed by atoms with van der Waals surface area (Å²) in [4.78, 5) is 1.73. The van der Waals surface area contributed by atoms with Gasteiger partial charge in [-0.25, -0.2) is 0 Å². The molecule has 3 aromatic heterocycles. The van der Waals surface area contributed by atoms with Gasteiger partial charge in [-0.2, -0.15) is 4.80 Å². The van der Waals surface area contributed by atoms with Gasteiger partial charge >= 0.3 is 0 Å². The molecule has 0 unspecified atom stereocenters. The first-order valence-electron chi connectivity index (χ1n) is 13.8. The van der Waals surface area contributed by atoms with Crippen molar-refractivity contribution < 1.29 is 0 Å². The Morgan fingerprint density at radius 2 is 0.732 bits per heavy atom. The highest BCUT2D eigenvalue weighted by molar-refractivity contribution is 6.10. The van der Waals surface area contributed by atoms with E-state index in [0.717, 1.165) is 28.1 Å². The van der Waals surface area contributed by atoms with Crippen molar-refractivity contribution in [2.75, 3.05) is 0 Å². The minimum absolute atomic E-state index is 0.857. The summed E-state index contributed by atoms with van der Waals surface area (Å²) in [5.74, 6) is 0. The van der Waals surface area contributed by atoms with Crippen molar-refractivity contribution in [3.8, 4) is 17.1 Å². The molecule has 5 nitrogen and oxygen atoms in total. The molecule has 0 N–H and O–H groups in total. The molecule has 0 amide bonds. The molecule has 0 atom stereocenters. The number of hydrogen-bond acceptors (Lipinski definition) is 2. The zero-order chi connectivity index (χ0) is 26.9. The number of fused-ring (bicyclic) bond motifs is 7. The third-order valence-corrected chi connectivity index (χ3v) is 8.12. The van der Waals surface area contributed by atoms with Gasteiger partial charge in [0.1, 0.15) is 11.0 Å². The normalized spacial score (nSPS) is 11.9. The maximum Gasteiger partial charge on any atom is 0.115 e. The van der Waals surface area contributed by atoms with Crippen molar-refractivity contribution in [2.45, 2.75) is 0 Å². The van der Waals surface area contributed by atoms with Gasteiger partial charge in [-0.15, -0.1) is 10.2 Å². The van der Waals surface area contributed by atoms with E-state index in [2.05, 4.69) is 149 Å². The summed E-state index contributed by atoms with van der Waals surface area (Å²) in [6, 6.07) is 49.0. The molecule has 0 fully saturated rings. The predicted molar refractivity (Wildman–Crippen MR) is 168 cm³/mol. The third-order valence-electron chi connectivity index (χ3n) is 8.12. The molecule has 5 heteroatoms. The Kier molecular flexibility index (Phi) is 4.55. The van der Waals surface area contributed by atoms with Crippen LogP contribution in [0.1, 0.15) is 0 Å². The van der Waals surface area contributed by atoms with Crippen LogP contribution in [0.2, 0.25) is 0 Å². The summed E-state index contributed by atoms with van der Waals surface area (Å²) in [5.41, 5.74) is 9.58. The van der Waals surface area contributed by atoms with Crippen LogP contribution in [0.5, 0.6) is 0 Å². The lowest BCUT2D eigenvalue weighted by molar-refractivity contribution is 0.765. The molecule has 192 valence electrons. The van der Waals surface area contributed by atoms with Gasteiger partial charge < -0.3 is 9.13 Å². The predicted octanol–water partition coefficient (Wildman–Crippen LogP) is 8.61. The molecular weight excluding hydrogens is 502 g/mol. The van der Waals surface area contributed by atoms with E-state index in [1.54, 1.807) is 4.80 Å². The smallest absolute Gasteiger partial charge is 0.115 e. The lowest BCUT2D eigenvalue weighted by Crippen LogP contribution is -1.99. The van der Waals surface area contributed by atoms with Crippen LogP contribution in [0.15, 0.2) is 140 Å². The van der Waals surface area contributed by atoms with Crippen LogP contribution in [-0.2, 0) is 0 Å². The summed E-state index contributed by atoms with van der Waals surface area (Å²) < 4.78 is 4.63. The van der Waals surface area contributed by atoms with E-state index < -0.39 is 0 Å². The van der Waals surface area contributed by atoms with Crippen LogP contribution in [0.3, 0.4) is 0 Å². The highest BCUT2D eigenvalue weighted by Gasteiger charge is 2.14. The van der Waals surface area contributed by atoms with Crippen molar-refractivity contribution >= 4 is 54.6 Å². The Morgan fingerprint density at radius 1 is 0.341 bits per heavy atom. The number of benzene rings is 6. The minimum atomic E-state index is 0.857. The quantitative estimate of drug-likeness (QED) is 0.232. The van der Waals surface area contributed by atoms with Crippen LogP contribution in [0.25, 0.3) is 71.7 Å². The van der Waals surface area contributed by atoms with Gasteiger partial charge in [0.05, 0.1) is 27.8 Å². The Labute approximate surface area is 235 Å². The number of rotatable bonds is 3. The van der Waals surface area contributed by atoms with Gasteiger partial charge in [0.2, 0.25) is 0 Å². The summed E-state index contributed by atoms with van der Waals surface area (Å²) in [7, 11) is 0. The average molecular weight is 526 g/mol. The van der Waals surface area contributed by atoms with Crippen molar-refractivity contribution in [3.05, 3.63) is 140 Å². The highest BCUT2D eigenvalue weighted by Crippen LogP contribution is 2.33.